The van der Waals surface area contributed by atoms with Crippen molar-refractivity contribution in [2.45, 2.75) is 39.2 Å². The molecule has 0 saturated heterocycles. The molecule has 17 heavy (non-hydrogen) atoms. The van der Waals surface area contributed by atoms with Crippen LogP contribution in [0.25, 0.3) is 5.65 Å². The van der Waals surface area contributed by atoms with E-state index in [1.54, 1.807) is 16.7 Å². The lowest BCUT2D eigenvalue weighted by Gasteiger charge is -2.12. The number of hydrogen-bond donors (Lipinski definition) is 1. The van der Waals surface area contributed by atoms with Crippen molar-refractivity contribution in [3.63, 3.8) is 0 Å². The second-order valence-electron chi connectivity index (χ2n) is 4.51. The van der Waals surface area contributed by atoms with E-state index in [0.29, 0.717) is 17.8 Å². The fraction of sp³-hybridized carbons (Fsp3) is 0.462. The Hall–Kier alpha value is -1.42. The van der Waals surface area contributed by atoms with Gasteiger partial charge in [-0.1, -0.05) is 20.8 Å². The van der Waals surface area contributed by atoms with Gasteiger partial charge in [-0.05, 0) is 24.5 Å². The molecular weight excluding hydrogens is 219 g/mol. The van der Waals surface area contributed by atoms with E-state index in [9.17, 15) is 9.50 Å². The summed E-state index contributed by atoms with van der Waals surface area (Å²) in [6.07, 6.45) is 1.72. The number of nitrogens with zero attached hydrogens (tertiary/aromatic N) is 2. The first-order valence-corrected chi connectivity index (χ1v) is 5.90. The standard InChI is InChI=1S/C13H17FN2O/c1-4-10(17)12-11(8(2)3)15-13-9(14)6-5-7-16(12)13/h5-8,10,17H,4H2,1-3H3. The Morgan fingerprint density at radius 3 is 2.76 bits per heavy atom. The molecule has 2 rings (SSSR count). The van der Waals surface area contributed by atoms with Crippen LogP contribution in [-0.4, -0.2) is 14.5 Å². The molecule has 0 aliphatic heterocycles. The third kappa shape index (κ3) is 1.93. The first-order valence-electron chi connectivity index (χ1n) is 5.90. The van der Waals surface area contributed by atoms with E-state index in [1.807, 2.05) is 20.8 Å². The summed E-state index contributed by atoms with van der Waals surface area (Å²) in [5.74, 6) is -0.200. The van der Waals surface area contributed by atoms with Crippen molar-refractivity contribution in [1.29, 1.82) is 0 Å². The number of aliphatic hydroxyl groups excluding tert-OH is 1. The lowest BCUT2D eigenvalue weighted by atomic mass is 10.0. The second-order valence-corrected chi connectivity index (χ2v) is 4.51. The lowest BCUT2D eigenvalue weighted by Crippen LogP contribution is -2.05. The van der Waals surface area contributed by atoms with Gasteiger partial charge >= 0.3 is 0 Å². The number of imidazole rings is 1. The molecule has 0 saturated carbocycles. The second kappa shape index (κ2) is 4.45. The van der Waals surface area contributed by atoms with Gasteiger partial charge in [0.25, 0.3) is 0 Å². The highest BCUT2D eigenvalue weighted by atomic mass is 19.1. The summed E-state index contributed by atoms with van der Waals surface area (Å²) in [4.78, 5) is 4.31. The topological polar surface area (TPSA) is 37.5 Å². The molecule has 0 bridgehead atoms. The third-order valence-corrected chi connectivity index (χ3v) is 2.92. The predicted molar refractivity (Wildman–Crippen MR) is 64.5 cm³/mol. The van der Waals surface area contributed by atoms with Crippen molar-refractivity contribution in [2.24, 2.45) is 0 Å². The van der Waals surface area contributed by atoms with E-state index in [1.165, 1.54) is 6.07 Å². The van der Waals surface area contributed by atoms with Crippen LogP contribution in [0, 0.1) is 5.82 Å². The highest BCUT2D eigenvalue weighted by molar-refractivity contribution is 5.46. The molecule has 1 N–H and O–H groups in total. The molecule has 0 amide bonds. The maximum absolute atomic E-state index is 13.6. The van der Waals surface area contributed by atoms with Crippen LogP contribution in [-0.2, 0) is 0 Å². The summed E-state index contributed by atoms with van der Waals surface area (Å²) >= 11 is 0. The Morgan fingerprint density at radius 1 is 1.47 bits per heavy atom. The van der Waals surface area contributed by atoms with Crippen molar-refractivity contribution < 1.29 is 9.50 Å². The van der Waals surface area contributed by atoms with Crippen LogP contribution in [0.15, 0.2) is 18.3 Å². The minimum absolute atomic E-state index is 0.158. The van der Waals surface area contributed by atoms with Crippen molar-refractivity contribution >= 4 is 5.65 Å². The molecule has 0 aliphatic carbocycles. The van der Waals surface area contributed by atoms with Gasteiger partial charge in [-0.3, -0.25) is 4.40 Å². The van der Waals surface area contributed by atoms with E-state index >= 15 is 0 Å². The molecule has 2 aromatic rings. The van der Waals surface area contributed by atoms with Crippen molar-refractivity contribution in [3.8, 4) is 0 Å². The fourth-order valence-electron chi connectivity index (χ4n) is 2.02. The molecular formula is C13H17FN2O. The minimum Gasteiger partial charge on any atom is -0.387 e. The smallest absolute Gasteiger partial charge is 0.173 e. The van der Waals surface area contributed by atoms with E-state index in [0.717, 1.165) is 5.69 Å². The van der Waals surface area contributed by atoms with Gasteiger partial charge < -0.3 is 5.11 Å². The van der Waals surface area contributed by atoms with Gasteiger partial charge in [-0.25, -0.2) is 9.37 Å². The Balaban J connectivity index is 2.76. The number of hydrogen-bond acceptors (Lipinski definition) is 2. The molecule has 4 heteroatoms. The first kappa shape index (κ1) is 12.0. The van der Waals surface area contributed by atoms with E-state index in [4.69, 9.17) is 0 Å². The van der Waals surface area contributed by atoms with Crippen LogP contribution < -0.4 is 0 Å². The van der Waals surface area contributed by atoms with Crippen molar-refractivity contribution in [1.82, 2.24) is 9.38 Å². The monoisotopic (exact) mass is 236 g/mol. The summed E-state index contributed by atoms with van der Waals surface area (Å²) < 4.78 is 15.3. The zero-order valence-corrected chi connectivity index (χ0v) is 10.3. The molecule has 0 radical (unpaired) electrons. The molecule has 2 aromatic heterocycles. The highest BCUT2D eigenvalue weighted by Gasteiger charge is 2.21. The van der Waals surface area contributed by atoms with E-state index in [2.05, 4.69) is 4.98 Å². The molecule has 1 unspecified atom stereocenters. The van der Waals surface area contributed by atoms with Crippen LogP contribution >= 0.6 is 0 Å². The quantitative estimate of drug-likeness (QED) is 0.889. The predicted octanol–water partition coefficient (Wildman–Crippen LogP) is 3.04. The van der Waals surface area contributed by atoms with Gasteiger partial charge in [0.2, 0.25) is 0 Å². The SMILES string of the molecule is CCC(O)c1c(C(C)C)nc2c(F)cccn12. The first-order chi connectivity index (χ1) is 8.06. The molecule has 3 nitrogen and oxygen atoms in total. The maximum atomic E-state index is 13.6. The highest BCUT2D eigenvalue weighted by Crippen LogP contribution is 2.28. The van der Waals surface area contributed by atoms with Crippen LogP contribution in [0.2, 0.25) is 0 Å². The number of rotatable bonds is 3. The Labute approximate surface area is 99.9 Å². The average Bonchev–Trinajstić information content (AvgIpc) is 2.69. The maximum Gasteiger partial charge on any atom is 0.173 e. The van der Waals surface area contributed by atoms with Crippen molar-refractivity contribution in [3.05, 3.63) is 35.5 Å². The molecule has 0 aliphatic rings. The van der Waals surface area contributed by atoms with Gasteiger partial charge in [0.05, 0.1) is 17.5 Å². The Morgan fingerprint density at radius 2 is 2.18 bits per heavy atom. The molecule has 0 fully saturated rings. The van der Waals surface area contributed by atoms with Gasteiger partial charge in [-0.15, -0.1) is 0 Å². The van der Waals surface area contributed by atoms with Gasteiger partial charge in [0, 0.05) is 6.20 Å². The summed E-state index contributed by atoms with van der Waals surface area (Å²) in [6.45, 7) is 5.88. The van der Waals surface area contributed by atoms with Crippen LogP contribution in [0.5, 0.6) is 0 Å². The normalized spacial score (nSPS) is 13.5. The van der Waals surface area contributed by atoms with Crippen molar-refractivity contribution in [2.75, 3.05) is 0 Å². The third-order valence-electron chi connectivity index (χ3n) is 2.92. The van der Waals surface area contributed by atoms with Crippen LogP contribution in [0.4, 0.5) is 4.39 Å². The Kier molecular flexibility index (Phi) is 3.15. The summed E-state index contributed by atoms with van der Waals surface area (Å²) in [5.41, 5.74) is 1.76. The number of halogens is 1. The molecule has 0 aromatic carbocycles. The number of fused-ring (bicyclic) bond motifs is 1. The zero-order valence-electron chi connectivity index (χ0n) is 10.3. The Bertz CT molecular complexity index is 533. The zero-order chi connectivity index (χ0) is 12.6. The summed E-state index contributed by atoms with van der Waals surface area (Å²) in [6, 6.07) is 3.01. The van der Waals surface area contributed by atoms with Gasteiger partial charge in [0.1, 0.15) is 0 Å². The number of aliphatic hydroxyl groups is 1. The summed E-state index contributed by atoms with van der Waals surface area (Å²) in [7, 11) is 0. The molecule has 1 atom stereocenters. The molecule has 92 valence electrons. The average molecular weight is 236 g/mol. The largest absolute Gasteiger partial charge is 0.387 e. The fourth-order valence-corrected chi connectivity index (χ4v) is 2.02. The van der Waals surface area contributed by atoms with Gasteiger partial charge in [-0.2, -0.15) is 0 Å². The van der Waals surface area contributed by atoms with Crippen LogP contribution in [0.3, 0.4) is 0 Å². The number of pyridine rings is 1. The van der Waals surface area contributed by atoms with E-state index in [-0.39, 0.29) is 11.7 Å². The lowest BCUT2D eigenvalue weighted by molar-refractivity contribution is 0.166. The minimum atomic E-state index is -0.607. The van der Waals surface area contributed by atoms with Crippen LogP contribution in [0.1, 0.15) is 50.6 Å². The van der Waals surface area contributed by atoms with E-state index < -0.39 is 6.10 Å². The molecule has 2 heterocycles. The number of aromatic nitrogens is 2. The summed E-state index contributed by atoms with van der Waals surface area (Å²) in [5, 5.41) is 10.1. The molecule has 0 spiro atoms. The van der Waals surface area contributed by atoms with Gasteiger partial charge in [0.15, 0.2) is 11.5 Å².